The Labute approximate surface area is 205 Å². The zero-order valence-electron chi connectivity index (χ0n) is 19.6. The van der Waals surface area contributed by atoms with Gasteiger partial charge < -0.3 is 14.2 Å². The highest BCUT2D eigenvalue weighted by Gasteiger charge is 2.24. The molecule has 1 fully saturated rings. The molecule has 1 saturated heterocycles. The minimum Gasteiger partial charge on any atom is -0.359 e. The Balaban J connectivity index is 1.13. The SMILES string of the molecule is O=C(COC(c1ccccc1)c1ccccc1)N1CCN(Cc2cc(-c3ccccc3)no2)CC1. The summed E-state index contributed by atoms with van der Waals surface area (Å²) in [5, 5.41) is 4.20. The van der Waals surface area contributed by atoms with Crippen molar-refractivity contribution in [3.05, 3.63) is 114 Å². The molecule has 3 aromatic carbocycles. The van der Waals surface area contributed by atoms with E-state index in [4.69, 9.17) is 9.26 Å². The molecule has 0 atom stereocenters. The maximum absolute atomic E-state index is 12.9. The van der Waals surface area contributed by atoms with Gasteiger partial charge in [-0.05, 0) is 11.1 Å². The molecule has 35 heavy (non-hydrogen) atoms. The zero-order chi connectivity index (χ0) is 23.9. The predicted molar refractivity (Wildman–Crippen MR) is 134 cm³/mol. The highest BCUT2D eigenvalue weighted by Crippen LogP contribution is 2.26. The fourth-order valence-corrected chi connectivity index (χ4v) is 4.39. The molecule has 1 amide bonds. The molecule has 1 aromatic heterocycles. The number of hydrogen-bond acceptors (Lipinski definition) is 5. The van der Waals surface area contributed by atoms with Crippen molar-refractivity contribution in [2.75, 3.05) is 32.8 Å². The second kappa shape index (κ2) is 11.1. The molecular formula is C29H29N3O3. The van der Waals surface area contributed by atoms with E-state index in [1.807, 2.05) is 102 Å². The molecule has 5 rings (SSSR count). The molecule has 0 unspecified atom stereocenters. The Kier molecular flexibility index (Phi) is 7.32. The zero-order valence-corrected chi connectivity index (χ0v) is 19.6. The van der Waals surface area contributed by atoms with Gasteiger partial charge in [0.05, 0.1) is 6.54 Å². The van der Waals surface area contributed by atoms with Crippen molar-refractivity contribution in [1.29, 1.82) is 0 Å². The molecular weight excluding hydrogens is 438 g/mol. The molecule has 1 aliphatic rings. The third-order valence-electron chi connectivity index (χ3n) is 6.31. The summed E-state index contributed by atoms with van der Waals surface area (Å²) >= 11 is 0. The topological polar surface area (TPSA) is 58.8 Å². The molecule has 1 aliphatic heterocycles. The summed E-state index contributed by atoms with van der Waals surface area (Å²) in [7, 11) is 0. The van der Waals surface area contributed by atoms with Crippen molar-refractivity contribution < 1.29 is 14.1 Å². The number of ether oxygens (including phenoxy) is 1. The van der Waals surface area contributed by atoms with Crippen LogP contribution in [0.25, 0.3) is 11.3 Å². The summed E-state index contributed by atoms with van der Waals surface area (Å²) in [5.41, 5.74) is 3.97. The van der Waals surface area contributed by atoms with Gasteiger partial charge in [0.25, 0.3) is 0 Å². The maximum Gasteiger partial charge on any atom is 0.248 e. The van der Waals surface area contributed by atoms with Crippen LogP contribution in [0, 0.1) is 0 Å². The smallest absolute Gasteiger partial charge is 0.248 e. The Morgan fingerprint density at radius 3 is 2.00 bits per heavy atom. The van der Waals surface area contributed by atoms with Crippen molar-refractivity contribution in [3.63, 3.8) is 0 Å². The van der Waals surface area contributed by atoms with Crippen molar-refractivity contribution in [1.82, 2.24) is 15.0 Å². The van der Waals surface area contributed by atoms with Gasteiger partial charge in [-0.3, -0.25) is 9.69 Å². The van der Waals surface area contributed by atoms with Crippen molar-refractivity contribution >= 4 is 5.91 Å². The van der Waals surface area contributed by atoms with Gasteiger partial charge in [-0.2, -0.15) is 0 Å². The summed E-state index contributed by atoms with van der Waals surface area (Å²) in [5.74, 6) is 0.855. The van der Waals surface area contributed by atoms with Crippen LogP contribution in [0.5, 0.6) is 0 Å². The molecule has 0 radical (unpaired) electrons. The first-order valence-corrected chi connectivity index (χ1v) is 12.0. The summed E-state index contributed by atoms with van der Waals surface area (Å²) in [6.45, 7) is 3.65. The second-order valence-electron chi connectivity index (χ2n) is 8.71. The van der Waals surface area contributed by atoms with Gasteiger partial charge in [-0.25, -0.2) is 0 Å². The molecule has 0 bridgehead atoms. The van der Waals surface area contributed by atoms with Crippen LogP contribution in [0.15, 0.2) is 102 Å². The minimum atomic E-state index is -0.270. The van der Waals surface area contributed by atoms with Gasteiger partial charge in [0.15, 0.2) is 5.76 Å². The third-order valence-corrected chi connectivity index (χ3v) is 6.31. The number of amides is 1. The normalized spacial score (nSPS) is 14.4. The van der Waals surface area contributed by atoms with Crippen LogP contribution in [0.4, 0.5) is 0 Å². The van der Waals surface area contributed by atoms with Crippen molar-refractivity contribution in [2.24, 2.45) is 0 Å². The average molecular weight is 468 g/mol. The lowest BCUT2D eigenvalue weighted by molar-refractivity contribution is -0.139. The van der Waals surface area contributed by atoms with Crippen LogP contribution >= 0.6 is 0 Å². The molecule has 6 nitrogen and oxygen atoms in total. The van der Waals surface area contributed by atoms with E-state index in [2.05, 4.69) is 10.1 Å². The summed E-state index contributed by atoms with van der Waals surface area (Å²) in [6, 6.07) is 32.1. The molecule has 178 valence electrons. The number of piperazine rings is 1. The lowest BCUT2D eigenvalue weighted by atomic mass is 10.0. The van der Waals surface area contributed by atoms with E-state index in [-0.39, 0.29) is 18.6 Å². The van der Waals surface area contributed by atoms with E-state index in [1.165, 1.54) is 0 Å². The quantitative estimate of drug-likeness (QED) is 0.373. The monoisotopic (exact) mass is 467 g/mol. The van der Waals surface area contributed by atoms with Gasteiger partial charge >= 0.3 is 0 Å². The molecule has 6 heteroatoms. The van der Waals surface area contributed by atoms with Gasteiger partial charge in [-0.1, -0.05) is 96.2 Å². The van der Waals surface area contributed by atoms with Crippen LogP contribution in [0.2, 0.25) is 0 Å². The van der Waals surface area contributed by atoms with Crippen LogP contribution in [0.1, 0.15) is 23.0 Å². The molecule has 0 saturated carbocycles. The molecule has 4 aromatic rings. The van der Waals surface area contributed by atoms with Crippen molar-refractivity contribution in [3.8, 4) is 11.3 Å². The second-order valence-corrected chi connectivity index (χ2v) is 8.71. The fourth-order valence-electron chi connectivity index (χ4n) is 4.39. The van der Waals surface area contributed by atoms with Crippen LogP contribution in [0.3, 0.4) is 0 Å². The number of benzene rings is 3. The Hall–Kier alpha value is -3.74. The van der Waals surface area contributed by atoms with E-state index in [0.29, 0.717) is 19.6 Å². The summed E-state index contributed by atoms with van der Waals surface area (Å²) < 4.78 is 11.7. The third kappa shape index (κ3) is 5.85. The number of nitrogens with zero attached hydrogens (tertiary/aromatic N) is 3. The summed E-state index contributed by atoms with van der Waals surface area (Å²) in [6.07, 6.45) is -0.270. The number of carbonyl (C=O) groups is 1. The standard InChI is InChI=1S/C29H29N3O3/c33-28(22-34-29(24-12-6-2-7-13-24)25-14-8-3-9-15-25)32-18-16-31(17-19-32)21-26-20-27(30-35-26)23-10-4-1-5-11-23/h1-15,20,29H,16-19,21-22H2. The van der Waals surface area contributed by atoms with Crippen LogP contribution < -0.4 is 0 Å². The van der Waals surface area contributed by atoms with Gasteiger partial charge in [0.2, 0.25) is 5.91 Å². The lowest BCUT2D eigenvalue weighted by Crippen LogP contribution is -2.49. The number of carbonyl (C=O) groups excluding carboxylic acids is 1. The Bertz CT molecular complexity index is 1160. The lowest BCUT2D eigenvalue weighted by Gasteiger charge is -2.34. The first-order chi connectivity index (χ1) is 17.3. The van der Waals surface area contributed by atoms with Gasteiger partial charge in [0.1, 0.15) is 18.4 Å². The van der Waals surface area contributed by atoms with E-state index in [0.717, 1.165) is 41.2 Å². The van der Waals surface area contributed by atoms with Crippen LogP contribution in [-0.2, 0) is 16.1 Å². The largest absolute Gasteiger partial charge is 0.359 e. The Morgan fingerprint density at radius 1 is 0.829 bits per heavy atom. The predicted octanol–water partition coefficient (Wildman–Crippen LogP) is 4.79. The first kappa shape index (κ1) is 23.0. The van der Waals surface area contributed by atoms with Crippen LogP contribution in [-0.4, -0.2) is 53.6 Å². The highest BCUT2D eigenvalue weighted by molar-refractivity contribution is 5.77. The van der Waals surface area contributed by atoms with Gasteiger partial charge in [-0.15, -0.1) is 0 Å². The number of hydrogen-bond donors (Lipinski definition) is 0. The molecule has 0 spiro atoms. The maximum atomic E-state index is 12.9. The summed E-state index contributed by atoms with van der Waals surface area (Å²) in [4.78, 5) is 17.1. The molecule has 0 N–H and O–H groups in total. The average Bonchev–Trinajstić information content (AvgIpc) is 3.39. The fraction of sp³-hybridized carbons (Fsp3) is 0.241. The van der Waals surface area contributed by atoms with Gasteiger partial charge in [0, 0.05) is 37.8 Å². The first-order valence-electron chi connectivity index (χ1n) is 12.0. The molecule has 0 aliphatic carbocycles. The highest BCUT2D eigenvalue weighted by atomic mass is 16.5. The number of aromatic nitrogens is 1. The van der Waals surface area contributed by atoms with Crippen molar-refractivity contribution in [2.45, 2.75) is 12.6 Å². The van der Waals surface area contributed by atoms with E-state index >= 15 is 0 Å². The van der Waals surface area contributed by atoms with E-state index in [9.17, 15) is 4.79 Å². The minimum absolute atomic E-state index is 0.0209. The van der Waals surface area contributed by atoms with E-state index in [1.54, 1.807) is 0 Å². The molecule has 2 heterocycles. The Morgan fingerprint density at radius 2 is 1.40 bits per heavy atom. The van der Waals surface area contributed by atoms with E-state index < -0.39 is 0 Å². The number of rotatable bonds is 8.